The number of allylic oxidation sites excluding steroid dienone is 1. The average Bonchev–Trinajstić information content (AvgIpc) is 3.79. The minimum atomic E-state index is -4.87. The van der Waals surface area contributed by atoms with E-state index in [0.29, 0.717) is 55.9 Å². The molecule has 2 aromatic rings. The van der Waals surface area contributed by atoms with Gasteiger partial charge in [-0.15, -0.1) is 0 Å². The second kappa shape index (κ2) is 15.6. The number of nitrogens with one attached hydrogen (secondary N) is 3. The highest BCUT2D eigenvalue weighted by molar-refractivity contribution is 7.91. The fraction of sp³-hybridized carbons (Fsp3) is 0.605. The van der Waals surface area contributed by atoms with E-state index in [4.69, 9.17) is 9.47 Å². The minimum absolute atomic E-state index is 0.0182. The molecule has 3 unspecified atom stereocenters. The molecule has 1 aromatic carbocycles. The quantitative estimate of drug-likeness (QED) is 0.362. The maximum Gasteiger partial charge on any atom is 0.437 e. The number of para-hydroxylation sites is 1. The first-order valence-corrected chi connectivity index (χ1v) is 20.4. The van der Waals surface area contributed by atoms with Crippen molar-refractivity contribution in [3.05, 3.63) is 47.2 Å². The second-order valence-corrected chi connectivity index (χ2v) is 18.0. The zero-order chi connectivity index (χ0) is 39.8. The summed E-state index contributed by atoms with van der Waals surface area (Å²) < 4.78 is 82.1. The Morgan fingerprint density at radius 3 is 2.55 bits per heavy atom. The third-order valence-corrected chi connectivity index (χ3v) is 13.1. The van der Waals surface area contributed by atoms with Crippen LogP contribution in [0, 0.1) is 5.92 Å². The van der Waals surface area contributed by atoms with Gasteiger partial charge in [-0.2, -0.15) is 13.2 Å². The van der Waals surface area contributed by atoms with Gasteiger partial charge in [0.15, 0.2) is 11.4 Å². The van der Waals surface area contributed by atoms with E-state index in [1.54, 1.807) is 31.2 Å². The van der Waals surface area contributed by atoms with Crippen LogP contribution in [0.15, 0.2) is 35.9 Å². The maximum absolute atomic E-state index is 14.5. The van der Waals surface area contributed by atoms with E-state index >= 15 is 0 Å². The number of pyridine rings is 1. The lowest BCUT2D eigenvalue weighted by atomic mass is 9.87. The number of rotatable bonds is 6. The molecule has 2 fully saturated rings. The second-order valence-electron chi connectivity index (χ2n) is 15.8. The largest absolute Gasteiger partial charge is 0.483 e. The van der Waals surface area contributed by atoms with Gasteiger partial charge in [0.2, 0.25) is 21.8 Å². The van der Waals surface area contributed by atoms with Crippen LogP contribution in [-0.4, -0.2) is 84.2 Å². The molecule has 1 saturated heterocycles. The summed E-state index contributed by atoms with van der Waals surface area (Å²) >= 11 is 0. The van der Waals surface area contributed by atoms with Crippen LogP contribution in [-0.2, 0) is 41.7 Å². The van der Waals surface area contributed by atoms with E-state index in [0.717, 1.165) is 0 Å². The van der Waals surface area contributed by atoms with Crippen LogP contribution in [0.3, 0.4) is 0 Å². The van der Waals surface area contributed by atoms with E-state index in [-0.39, 0.29) is 62.4 Å². The molecule has 0 bridgehead atoms. The van der Waals surface area contributed by atoms with Gasteiger partial charge < -0.3 is 25.0 Å². The van der Waals surface area contributed by atoms with Crippen molar-refractivity contribution in [1.82, 2.24) is 25.2 Å². The van der Waals surface area contributed by atoms with Crippen molar-refractivity contribution in [3.63, 3.8) is 0 Å². The molecule has 300 valence electrons. The fourth-order valence-electron chi connectivity index (χ4n) is 7.41. The number of amides is 4. The van der Waals surface area contributed by atoms with E-state index in [1.807, 2.05) is 13.8 Å². The normalized spacial score (nSPS) is 24.8. The molecule has 1 aromatic heterocycles. The van der Waals surface area contributed by atoms with Crippen LogP contribution >= 0.6 is 0 Å². The number of hydrogen-bond donors (Lipinski definition) is 3. The van der Waals surface area contributed by atoms with Crippen molar-refractivity contribution < 1.29 is 50.2 Å². The number of hydrogen-bond acceptors (Lipinski definition) is 9. The molecule has 17 heteroatoms. The Morgan fingerprint density at radius 2 is 1.84 bits per heavy atom. The Hall–Kier alpha value is -4.41. The first-order chi connectivity index (χ1) is 25.9. The maximum atomic E-state index is 14.5. The van der Waals surface area contributed by atoms with E-state index in [9.17, 15) is 40.8 Å². The molecule has 55 heavy (non-hydrogen) atoms. The lowest BCUT2D eigenvalue weighted by Crippen LogP contribution is -2.54. The van der Waals surface area contributed by atoms with Gasteiger partial charge in [-0.05, 0) is 63.9 Å². The molecule has 4 heterocycles. The van der Waals surface area contributed by atoms with Crippen LogP contribution < -0.4 is 20.1 Å². The Kier molecular flexibility index (Phi) is 11.4. The minimum Gasteiger partial charge on any atom is -0.483 e. The predicted molar refractivity (Wildman–Crippen MR) is 195 cm³/mol. The number of alkyl carbamates (subject to hydrolysis) is 1. The van der Waals surface area contributed by atoms with Crippen molar-refractivity contribution in [2.75, 3.05) is 19.7 Å². The van der Waals surface area contributed by atoms with Gasteiger partial charge in [0, 0.05) is 29.5 Å². The number of carbonyl (C=O) groups excluding carboxylic acids is 4. The molecule has 13 nitrogen and oxygen atoms in total. The summed E-state index contributed by atoms with van der Waals surface area (Å²) in [4.78, 5) is 60.0. The molecule has 3 aliphatic heterocycles. The summed E-state index contributed by atoms with van der Waals surface area (Å²) in [7, 11) is -3.98. The van der Waals surface area contributed by atoms with E-state index in [2.05, 4.69) is 20.3 Å². The summed E-state index contributed by atoms with van der Waals surface area (Å²) in [6.45, 7) is 4.72. The zero-order valence-electron chi connectivity index (χ0n) is 31.2. The molecule has 4 aliphatic rings. The van der Waals surface area contributed by atoms with Crippen LogP contribution in [0.5, 0.6) is 5.75 Å². The van der Waals surface area contributed by atoms with Crippen molar-refractivity contribution in [3.8, 4) is 5.75 Å². The van der Waals surface area contributed by atoms with Crippen molar-refractivity contribution in [1.29, 1.82) is 0 Å². The molecule has 1 spiro atoms. The number of benzene rings is 1. The van der Waals surface area contributed by atoms with Crippen LogP contribution in [0.2, 0.25) is 0 Å². The summed E-state index contributed by atoms with van der Waals surface area (Å²) in [5, 5.41) is 5.85. The number of alkyl halides is 3. The summed E-state index contributed by atoms with van der Waals surface area (Å²) in [6, 6.07) is 4.06. The number of sulfonamides is 1. The Labute approximate surface area is 318 Å². The third kappa shape index (κ3) is 8.86. The lowest BCUT2D eigenvalue weighted by molar-refractivity contribution is -0.144. The Morgan fingerprint density at radius 1 is 1.11 bits per heavy atom. The number of nitrogens with zero attached hydrogens (tertiary/aromatic N) is 2. The molecule has 1 saturated carbocycles. The van der Waals surface area contributed by atoms with Gasteiger partial charge in [-0.25, -0.2) is 22.9 Å². The molecule has 0 radical (unpaired) electrons. The molecule has 3 N–H and O–H groups in total. The molecular weight excluding hydrogens is 744 g/mol. The monoisotopic (exact) mass is 791 g/mol. The number of fused-ring (bicyclic) bond motifs is 4. The highest BCUT2D eigenvalue weighted by Gasteiger charge is 2.55. The topological polar surface area (TPSA) is 173 Å². The Bertz CT molecular complexity index is 1980. The first kappa shape index (κ1) is 40.3. The van der Waals surface area contributed by atoms with Gasteiger partial charge >= 0.3 is 12.3 Å². The van der Waals surface area contributed by atoms with Gasteiger partial charge in [-0.3, -0.25) is 14.4 Å². The SMILES string of the molecule is CC(C)COC(=O)NC1CCCCCCC=C(C(=O)NS(=O)(=O)C2(C)CC2)CNC(=O)C2CC3(CCc4c(c(C(F)(F)F)nc5ccccc45)O3)CN2C1=O. The van der Waals surface area contributed by atoms with Crippen LogP contribution in [0.1, 0.15) is 96.2 Å². The average molecular weight is 792 g/mol. The predicted octanol–water partition coefficient (Wildman–Crippen LogP) is 5.06. The summed E-state index contributed by atoms with van der Waals surface area (Å²) in [6.07, 6.45) is -0.0756. The summed E-state index contributed by atoms with van der Waals surface area (Å²) in [5.41, 5.74) is -2.14. The molecule has 4 amide bonds. The van der Waals surface area contributed by atoms with Crippen molar-refractivity contribution in [2.45, 2.75) is 120 Å². The van der Waals surface area contributed by atoms with Gasteiger partial charge in [0.25, 0.3) is 5.91 Å². The van der Waals surface area contributed by atoms with Gasteiger partial charge in [0.05, 0.1) is 23.4 Å². The van der Waals surface area contributed by atoms with Crippen molar-refractivity contribution in [2.24, 2.45) is 5.92 Å². The number of aromatic nitrogens is 1. The number of ether oxygens (including phenoxy) is 2. The Balaban J connectivity index is 1.33. The first-order valence-electron chi connectivity index (χ1n) is 18.9. The van der Waals surface area contributed by atoms with Crippen LogP contribution in [0.4, 0.5) is 18.0 Å². The highest BCUT2D eigenvalue weighted by atomic mass is 32.2. The van der Waals surface area contributed by atoms with Gasteiger partial charge in [-0.1, -0.05) is 57.4 Å². The zero-order valence-corrected chi connectivity index (χ0v) is 32.0. The number of carbonyl (C=O) groups is 4. The van der Waals surface area contributed by atoms with E-state index in [1.165, 1.54) is 11.0 Å². The molecule has 6 rings (SSSR count). The standard InChI is InChI=1S/C38H48F3N5O8S/c1-23(2)21-53-35(50)44-28-14-8-6-4-5-7-11-24(32(47)45-55(51,52)36(3)17-18-36)20-42-33(48)29-19-37(22-46(29)34(28)49)16-15-26-25-12-9-10-13-27(25)43-31(30(26)54-37)38(39,40)41/h9-13,23,28-29H,4-8,14-22H2,1-3H3,(H,42,48)(H,44,50)(H,45,47). The highest BCUT2D eigenvalue weighted by Crippen LogP contribution is 2.48. The van der Waals surface area contributed by atoms with Crippen molar-refractivity contribution >= 4 is 44.7 Å². The molecule has 3 atom stereocenters. The third-order valence-electron chi connectivity index (χ3n) is 10.9. The lowest BCUT2D eigenvalue weighted by Gasteiger charge is -2.37. The van der Waals surface area contributed by atoms with Gasteiger partial charge in [0.1, 0.15) is 17.7 Å². The smallest absolute Gasteiger partial charge is 0.437 e. The number of aryl methyl sites for hydroxylation is 1. The molecule has 1 aliphatic carbocycles. The fourth-order valence-corrected chi connectivity index (χ4v) is 8.67. The van der Waals surface area contributed by atoms with E-state index < -0.39 is 73.9 Å². The van der Waals surface area contributed by atoms with Crippen LogP contribution in [0.25, 0.3) is 10.9 Å². The summed E-state index contributed by atoms with van der Waals surface area (Å²) in [5.74, 6) is -2.65. The molecular formula is C38H48F3N5O8S. The number of halogens is 3.